The molecule has 0 aromatic heterocycles. The Bertz CT molecular complexity index is 301. The van der Waals surface area contributed by atoms with Gasteiger partial charge < -0.3 is 10.6 Å². The zero-order valence-electron chi connectivity index (χ0n) is 9.59. The third-order valence-corrected chi connectivity index (χ3v) is 3.49. The van der Waals surface area contributed by atoms with Gasteiger partial charge in [-0.05, 0) is 43.5 Å². The second-order valence-corrected chi connectivity index (χ2v) is 4.33. The van der Waals surface area contributed by atoms with Crippen LogP contribution >= 0.6 is 0 Å². The minimum Gasteiger partial charge on any atom is -0.388 e. The predicted molar refractivity (Wildman–Crippen MR) is 65.1 cm³/mol. The summed E-state index contributed by atoms with van der Waals surface area (Å²) >= 11 is 0. The Balaban J connectivity index is 2.11. The van der Waals surface area contributed by atoms with E-state index in [4.69, 9.17) is 0 Å². The zero-order chi connectivity index (χ0) is 10.7. The molecule has 2 heteroatoms. The van der Waals surface area contributed by atoms with Crippen molar-refractivity contribution in [3.05, 3.63) is 29.8 Å². The zero-order valence-corrected chi connectivity index (χ0v) is 9.59. The molecule has 1 atom stereocenters. The van der Waals surface area contributed by atoms with E-state index in [9.17, 15) is 0 Å². The summed E-state index contributed by atoms with van der Waals surface area (Å²) in [5.41, 5.74) is 2.60. The van der Waals surface area contributed by atoms with Gasteiger partial charge in [-0.1, -0.05) is 18.6 Å². The number of nitrogens with one attached hydrogen (secondary N) is 2. The van der Waals surface area contributed by atoms with Gasteiger partial charge in [-0.3, -0.25) is 0 Å². The monoisotopic (exact) mass is 204 g/mol. The number of hydrogen-bond donors (Lipinski definition) is 2. The van der Waals surface area contributed by atoms with Gasteiger partial charge in [0.15, 0.2) is 0 Å². The number of benzene rings is 1. The molecule has 1 unspecified atom stereocenters. The van der Waals surface area contributed by atoms with Crippen LogP contribution in [-0.4, -0.2) is 14.1 Å². The number of hydrogen-bond acceptors (Lipinski definition) is 2. The average molecular weight is 204 g/mol. The number of anilines is 1. The normalized spacial score (nSPS) is 18.3. The summed E-state index contributed by atoms with van der Waals surface area (Å²) in [5.74, 6) is 0.843. The van der Waals surface area contributed by atoms with Gasteiger partial charge in [-0.2, -0.15) is 0 Å². The molecular formula is C13H20N2. The topological polar surface area (TPSA) is 24.1 Å². The molecule has 0 saturated heterocycles. The van der Waals surface area contributed by atoms with Crippen LogP contribution in [0.3, 0.4) is 0 Å². The van der Waals surface area contributed by atoms with Gasteiger partial charge in [0.05, 0.1) is 0 Å². The van der Waals surface area contributed by atoms with Crippen LogP contribution in [0.25, 0.3) is 0 Å². The molecule has 1 aliphatic carbocycles. The second-order valence-electron chi connectivity index (χ2n) is 4.33. The van der Waals surface area contributed by atoms with E-state index in [1.165, 1.54) is 30.5 Å². The highest BCUT2D eigenvalue weighted by molar-refractivity contribution is 5.44. The maximum Gasteiger partial charge on any atom is 0.0346 e. The lowest BCUT2D eigenvalue weighted by Crippen LogP contribution is -2.29. The largest absolute Gasteiger partial charge is 0.388 e. The smallest absolute Gasteiger partial charge is 0.0346 e. The van der Waals surface area contributed by atoms with Gasteiger partial charge in [-0.25, -0.2) is 0 Å². The van der Waals surface area contributed by atoms with Crippen molar-refractivity contribution in [3.63, 3.8) is 0 Å². The third-order valence-electron chi connectivity index (χ3n) is 3.49. The fourth-order valence-corrected chi connectivity index (χ4v) is 2.30. The molecule has 15 heavy (non-hydrogen) atoms. The minimum atomic E-state index is 0.546. The van der Waals surface area contributed by atoms with Crippen molar-refractivity contribution >= 4 is 5.69 Å². The molecular weight excluding hydrogens is 184 g/mol. The fourth-order valence-electron chi connectivity index (χ4n) is 2.30. The van der Waals surface area contributed by atoms with Crippen LogP contribution < -0.4 is 10.6 Å². The van der Waals surface area contributed by atoms with Gasteiger partial charge in [0, 0.05) is 18.8 Å². The van der Waals surface area contributed by atoms with Gasteiger partial charge in [0.1, 0.15) is 0 Å². The highest BCUT2D eigenvalue weighted by atomic mass is 14.9. The van der Waals surface area contributed by atoms with E-state index in [1.54, 1.807) is 0 Å². The van der Waals surface area contributed by atoms with Crippen LogP contribution in [0.5, 0.6) is 0 Å². The van der Waals surface area contributed by atoms with Crippen molar-refractivity contribution in [2.24, 2.45) is 5.92 Å². The maximum atomic E-state index is 3.44. The van der Waals surface area contributed by atoms with E-state index in [0.29, 0.717) is 6.04 Å². The van der Waals surface area contributed by atoms with Gasteiger partial charge in [0.2, 0.25) is 0 Å². The first-order valence-corrected chi connectivity index (χ1v) is 5.80. The summed E-state index contributed by atoms with van der Waals surface area (Å²) in [7, 11) is 4.02. The molecule has 1 aliphatic rings. The molecule has 0 radical (unpaired) electrons. The van der Waals surface area contributed by atoms with E-state index >= 15 is 0 Å². The first-order valence-electron chi connectivity index (χ1n) is 5.80. The molecule has 2 nitrogen and oxygen atoms in total. The lowest BCUT2D eigenvalue weighted by atomic mass is 9.77. The standard InChI is InChI=1S/C13H20N2/c1-14-12-8-6-11(7-9-12)13(15-2)10-4-3-5-10/h6-10,13-15H,3-5H2,1-2H3. The van der Waals surface area contributed by atoms with E-state index in [1.807, 2.05) is 7.05 Å². The van der Waals surface area contributed by atoms with Crippen molar-refractivity contribution in [1.82, 2.24) is 5.32 Å². The summed E-state index contributed by atoms with van der Waals surface area (Å²) in [5, 5.41) is 6.59. The summed E-state index contributed by atoms with van der Waals surface area (Å²) in [4.78, 5) is 0. The molecule has 82 valence electrons. The molecule has 0 heterocycles. The van der Waals surface area contributed by atoms with Crippen molar-refractivity contribution in [1.29, 1.82) is 0 Å². The Hall–Kier alpha value is -1.02. The van der Waals surface area contributed by atoms with E-state index < -0.39 is 0 Å². The van der Waals surface area contributed by atoms with Crippen LogP contribution in [-0.2, 0) is 0 Å². The molecule has 1 aromatic carbocycles. The highest BCUT2D eigenvalue weighted by Crippen LogP contribution is 2.37. The Labute approximate surface area is 92.1 Å². The quantitative estimate of drug-likeness (QED) is 0.788. The van der Waals surface area contributed by atoms with E-state index in [2.05, 4.69) is 41.9 Å². The van der Waals surface area contributed by atoms with Crippen molar-refractivity contribution in [2.75, 3.05) is 19.4 Å². The molecule has 2 N–H and O–H groups in total. The Morgan fingerprint density at radius 3 is 2.20 bits per heavy atom. The van der Waals surface area contributed by atoms with Crippen molar-refractivity contribution < 1.29 is 0 Å². The molecule has 1 saturated carbocycles. The lowest BCUT2D eigenvalue weighted by Gasteiger charge is -2.34. The fraction of sp³-hybridized carbons (Fsp3) is 0.538. The van der Waals surface area contributed by atoms with E-state index in [-0.39, 0.29) is 0 Å². The van der Waals surface area contributed by atoms with Crippen LogP contribution in [0.2, 0.25) is 0 Å². The Morgan fingerprint density at radius 1 is 1.13 bits per heavy atom. The average Bonchev–Trinajstić information content (AvgIpc) is 2.23. The molecule has 0 amide bonds. The van der Waals surface area contributed by atoms with Gasteiger partial charge in [0.25, 0.3) is 0 Å². The molecule has 2 rings (SSSR count). The number of rotatable bonds is 4. The highest BCUT2D eigenvalue weighted by Gasteiger charge is 2.26. The summed E-state index contributed by atoms with van der Waals surface area (Å²) in [6.07, 6.45) is 4.15. The third kappa shape index (κ3) is 2.15. The Morgan fingerprint density at radius 2 is 1.80 bits per heavy atom. The minimum absolute atomic E-state index is 0.546. The van der Waals surface area contributed by atoms with E-state index in [0.717, 1.165) is 5.92 Å². The summed E-state index contributed by atoms with van der Waals surface area (Å²) in [6, 6.07) is 9.30. The molecule has 1 aromatic rings. The molecule has 1 fully saturated rings. The summed E-state index contributed by atoms with van der Waals surface area (Å²) < 4.78 is 0. The summed E-state index contributed by atoms with van der Waals surface area (Å²) in [6.45, 7) is 0. The Kier molecular flexibility index (Phi) is 3.27. The van der Waals surface area contributed by atoms with Crippen molar-refractivity contribution in [3.8, 4) is 0 Å². The van der Waals surface area contributed by atoms with Crippen LogP contribution in [0.1, 0.15) is 30.9 Å². The maximum absolute atomic E-state index is 3.44. The van der Waals surface area contributed by atoms with Gasteiger partial charge in [-0.15, -0.1) is 0 Å². The van der Waals surface area contributed by atoms with Crippen LogP contribution in [0.4, 0.5) is 5.69 Å². The first-order chi connectivity index (χ1) is 7.35. The lowest BCUT2D eigenvalue weighted by molar-refractivity contribution is 0.239. The molecule has 0 aliphatic heterocycles. The molecule has 0 bridgehead atoms. The van der Waals surface area contributed by atoms with Crippen molar-refractivity contribution in [2.45, 2.75) is 25.3 Å². The predicted octanol–water partition coefficient (Wildman–Crippen LogP) is 2.79. The van der Waals surface area contributed by atoms with Crippen LogP contribution in [0, 0.1) is 5.92 Å². The van der Waals surface area contributed by atoms with Crippen LogP contribution in [0.15, 0.2) is 24.3 Å². The second kappa shape index (κ2) is 4.67. The first kappa shape index (κ1) is 10.5. The molecule has 0 spiro atoms. The van der Waals surface area contributed by atoms with Gasteiger partial charge >= 0.3 is 0 Å². The SMILES string of the molecule is CNc1ccc(C(NC)C2CCC2)cc1.